The molecule has 0 aliphatic heterocycles. The van der Waals surface area contributed by atoms with Crippen molar-refractivity contribution in [3.63, 3.8) is 0 Å². The Bertz CT molecular complexity index is 863. The largest absolute Gasteiger partial charge is 0.289 e. The number of benzene rings is 2. The first-order chi connectivity index (χ1) is 12.3. The van der Waals surface area contributed by atoms with Gasteiger partial charge in [-0.25, -0.2) is 13.1 Å². The maximum atomic E-state index is 12.7. The van der Waals surface area contributed by atoms with Crippen LogP contribution in [0.2, 0.25) is 0 Å². The lowest BCUT2D eigenvalue weighted by Crippen LogP contribution is -2.28. The third kappa shape index (κ3) is 4.47. The summed E-state index contributed by atoms with van der Waals surface area (Å²) in [6.07, 6.45) is 1.56. The molecule has 0 aliphatic carbocycles. The molecular weight excluding hydrogens is 352 g/mol. The zero-order valence-electron chi connectivity index (χ0n) is 15.2. The molecule has 140 valence electrons. The predicted molar refractivity (Wildman–Crippen MR) is 102 cm³/mol. The molecule has 0 radical (unpaired) electrons. The lowest BCUT2D eigenvalue weighted by molar-refractivity contribution is -0.387. The standard InChI is InChI=1S/C19H24N2O4S/c1-4-14(3)15-10-12-16(13-11-15)17(5-2)20-26(24,25)19-9-7-6-8-18(19)21(22)23/h6-14,17,20H,4-5H2,1-3H3. The van der Waals surface area contributed by atoms with Crippen LogP contribution in [0.3, 0.4) is 0 Å². The van der Waals surface area contributed by atoms with Crippen molar-refractivity contribution in [2.24, 2.45) is 0 Å². The van der Waals surface area contributed by atoms with Gasteiger partial charge in [0.15, 0.2) is 4.90 Å². The zero-order chi connectivity index (χ0) is 19.3. The molecule has 0 fully saturated rings. The monoisotopic (exact) mass is 376 g/mol. The normalized spacial score (nSPS) is 14.0. The summed E-state index contributed by atoms with van der Waals surface area (Å²) >= 11 is 0. The lowest BCUT2D eigenvalue weighted by atomic mass is 9.96. The van der Waals surface area contributed by atoms with Gasteiger partial charge in [0.1, 0.15) is 0 Å². The van der Waals surface area contributed by atoms with Crippen LogP contribution in [0.25, 0.3) is 0 Å². The third-order valence-corrected chi connectivity index (χ3v) is 6.10. The summed E-state index contributed by atoms with van der Waals surface area (Å²) in [6, 6.07) is 12.7. The smallest absolute Gasteiger partial charge is 0.258 e. The van der Waals surface area contributed by atoms with Crippen molar-refractivity contribution in [1.29, 1.82) is 0 Å². The van der Waals surface area contributed by atoms with E-state index in [1.807, 2.05) is 31.2 Å². The minimum absolute atomic E-state index is 0.320. The van der Waals surface area contributed by atoms with Gasteiger partial charge in [-0.05, 0) is 36.0 Å². The average Bonchev–Trinajstić information content (AvgIpc) is 2.65. The van der Waals surface area contributed by atoms with Crippen LogP contribution in [0.1, 0.15) is 56.7 Å². The molecule has 2 aromatic carbocycles. The number of nitrogens with one attached hydrogen (secondary N) is 1. The van der Waals surface area contributed by atoms with Gasteiger partial charge in [-0.2, -0.15) is 0 Å². The Morgan fingerprint density at radius 3 is 2.12 bits per heavy atom. The Kier molecular flexibility index (Phi) is 6.50. The van der Waals surface area contributed by atoms with E-state index in [4.69, 9.17) is 0 Å². The first-order valence-corrected chi connectivity index (χ1v) is 10.1. The molecule has 7 heteroatoms. The topological polar surface area (TPSA) is 89.3 Å². The van der Waals surface area contributed by atoms with Crippen LogP contribution in [0, 0.1) is 10.1 Å². The molecule has 26 heavy (non-hydrogen) atoms. The van der Waals surface area contributed by atoms with Crippen molar-refractivity contribution in [1.82, 2.24) is 4.72 Å². The highest BCUT2D eigenvalue weighted by Crippen LogP contribution is 2.27. The fraction of sp³-hybridized carbons (Fsp3) is 0.368. The van der Waals surface area contributed by atoms with E-state index in [9.17, 15) is 18.5 Å². The van der Waals surface area contributed by atoms with Crippen molar-refractivity contribution in [2.45, 2.75) is 50.5 Å². The molecule has 0 heterocycles. The Hall–Kier alpha value is -2.25. The third-order valence-electron chi connectivity index (χ3n) is 4.58. The summed E-state index contributed by atoms with van der Waals surface area (Å²) in [6.45, 7) is 6.13. The van der Waals surface area contributed by atoms with Crippen LogP contribution in [0.4, 0.5) is 5.69 Å². The summed E-state index contributed by atoms with van der Waals surface area (Å²) in [5.74, 6) is 0.438. The molecule has 6 nitrogen and oxygen atoms in total. The van der Waals surface area contributed by atoms with Gasteiger partial charge in [-0.15, -0.1) is 0 Å². The molecule has 0 saturated heterocycles. The molecule has 0 amide bonds. The van der Waals surface area contributed by atoms with Crippen molar-refractivity contribution >= 4 is 15.7 Å². The Morgan fingerprint density at radius 1 is 1.00 bits per heavy atom. The second-order valence-electron chi connectivity index (χ2n) is 6.28. The van der Waals surface area contributed by atoms with Gasteiger partial charge in [0.25, 0.3) is 5.69 Å². The first kappa shape index (κ1) is 20.1. The Labute approximate surface area is 154 Å². The van der Waals surface area contributed by atoms with E-state index in [0.717, 1.165) is 12.0 Å². The number of sulfonamides is 1. The molecule has 0 aromatic heterocycles. The van der Waals surface area contributed by atoms with E-state index >= 15 is 0 Å². The molecule has 2 aromatic rings. The van der Waals surface area contributed by atoms with Crippen LogP contribution in [-0.4, -0.2) is 13.3 Å². The van der Waals surface area contributed by atoms with Gasteiger partial charge < -0.3 is 0 Å². The maximum Gasteiger partial charge on any atom is 0.289 e. The number of nitrogens with zero attached hydrogens (tertiary/aromatic N) is 1. The summed E-state index contributed by atoms with van der Waals surface area (Å²) in [7, 11) is -4.02. The molecule has 1 N–H and O–H groups in total. The van der Waals surface area contributed by atoms with Crippen LogP contribution in [-0.2, 0) is 10.0 Å². The van der Waals surface area contributed by atoms with Crippen LogP contribution >= 0.6 is 0 Å². The van der Waals surface area contributed by atoms with E-state index < -0.39 is 26.7 Å². The van der Waals surface area contributed by atoms with Crippen molar-refractivity contribution < 1.29 is 13.3 Å². The fourth-order valence-electron chi connectivity index (χ4n) is 2.77. The van der Waals surface area contributed by atoms with Crippen LogP contribution in [0.15, 0.2) is 53.4 Å². The SMILES string of the molecule is CCC(C)c1ccc(C(CC)NS(=O)(=O)c2ccccc2[N+](=O)[O-])cc1. The Balaban J connectivity index is 2.31. The highest BCUT2D eigenvalue weighted by molar-refractivity contribution is 7.89. The lowest BCUT2D eigenvalue weighted by Gasteiger charge is -2.19. The summed E-state index contributed by atoms with van der Waals surface area (Å²) in [5.41, 5.74) is 1.61. The van der Waals surface area contributed by atoms with Crippen LogP contribution in [0.5, 0.6) is 0 Å². The van der Waals surface area contributed by atoms with E-state index in [1.165, 1.54) is 29.8 Å². The molecule has 2 rings (SSSR count). The van der Waals surface area contributed by atoms with Gasteiger partial charge >= 0.3 is 0 Å². The van der Waals surface area contributed by atoms with E-state index in [0.29, 0.717) is 12.3 Å². The second-order valence-corrected chi connectivity index (χ2v) is 7.97. The van der Waals surface area contributed by atoms with Gasteiger partial charge in [0.2, 0.25) is 10.0 Å². The quantitative estimate of drug-likeness (QED) is 0.541. The molecular formula is C19H24N2O4S. The van der Waals surface area contributed by atoms with E-state index in [-0.39, 0.29) is 4.90 Å². The van der Waals surface area contributed by atoms with Gasteiger partial charge in [0, 0.05) is 12.1 Å². The average molecular weight is 376 g/mol. The number of hydrogen-bond donors (Lipinski definition) is 1. The number of nitro groups is 1. The highest BCUT2D eigenvalue weighted by atomic mass is 32.2. The summed E-state index contributed by atoms with van der Waals surface area (Å²) < 4.78 is 28.0. The number of hydrogen-bond acceptors (Lipinski definition) is 4. The Morgan fingerprint density at radius 2 is 1.58 bits per heavy atom. The second kappa shape index (κ2) is 8.42. The number of rotatable bonds is 8. The molecule has 2 unspecified atom stereocenters. The van der Waals surface area contributed by atoms with Crippen LogP contribution < -0.4 is 4.72 Å². The maximum absolute atomic E-state index is 12.7. The summed E-state index contributed by atoms with van der Waals surface area (Å²) in [4.78, 5) is 10.1. The minimum Gasteiger partial charge on any atom is -0.258 e. The van der Waals surface area contributed by atoms with Gasteiger partial charge in [-0.3, -0.25) is 10.1 Å². The first-order valence-electron chi connectivity index (χ1n) is 8.65. The number of nitro benzene ring substituents is 1. The highest BCUT2D eigenvalue weighted by Gasteiger charge is 2.27. The summed E-state index contributed by atoms with van der Waals surface area (Å²) in [5, 5.41) is 11.1. The van der Waals surface area contributed by atoms with Crippen molar-refractivity contribution in [3.05, 3.63) is 69.8 Å². The molecule has 0 aliphatic rings. The van der Waals surface area contributed by atoms with Crippen molar-refractivity contribution in [3.8, 4) is 0 Å². The fourth-order valence-corrected chi connectivity index (χ4v) is 4.25. The number of para-hydroxylation sites is 1. The van der Waals surface area contributed by atoms with Crippen molar-refractivity contribution in [2.75, 3.05) is 0 Å². The minimum atomic E-state index is -4.02. The van der Waals surface area contributed by atoms with E-state index in [2.05, 4.69) is 18.6 Å². The van der Waals surface area contributed by atoms with Gasteiger partial charge in [-0.1, -0.05) is 57.2 Å². The zero-order valence-corrected chi connectivity index (χ0v) is 16.0. The molecule has 0 spiro atoms. The molecule has 2 atom stereocenters. The predicted octanol–water partition coefficient (Wildman–Crippen LogP) is 4.54. The molecule has 0 bridgehead atoms. The van der Waals surface area contributed by atoms with E-state index in [1.54, 1.807) is 0 Å². The molecule has 0 saturated carbocycles. The van der Waals surface area contributed by atoms with Gasteiger partial charge in [0.05, 0.1) is 4.92 Å².